The van der Waals surface area contributed by atoms with Gasteiger partial charge in [-0.15, -0.1) is 0 Å². The lowest BCUT2D eigenvalue weighted by atomic mass is 10.1. The van der Waals surface area contributed by atoms with Crippen LogP contribution in [0.15, 0.2) is 24.3 Å². The SMILES string of the molecule is COC12C=CC=CC1(O)S2. The van der Waals surface area contributed by atoms with Crippen LogP contribution in [0.25, 0.3) is 0 Å². The smallest absolute Gasteiger partial charge is 0.177 e. The lowest BCUT2D eigenvalue weighted by Crippen LogP contribution is -2.25. The fourth-order valence-electron chi connectivity index (χ4n) is 1.13. The molecule has 1 aliphatic heterocycles. The molecule has 0 aromatic carbocycles. The van der Waals surface area contributed by atoms with Gasteiger partial charge in [-0.1, -0.05) is 23.9 Å². The van der Waals surface area contributed by atoms with Crippen molar-refractivity contribution in [2.75, 3.05) is 7.11 Å². The molecule has 3 heteroatoms. The molecule has 1 N–H and O–H groups in total. The van der Waals surface area contributed by atoms with Crippen LogP contribution in [-0.2, 0) is 4.74 Å². The van der Waals surface area contributed by atoms with Crippen molar-refractivity contribution in [3.8, 4) is 0 Å². The lowest BCUT2D eigenvalue weighted by molar-refractivity contribution is 0.0414. The first-order chi connectivity index (χ1) is 4.72. The van der Waals surface area contributed by atoms with Gasteiger partial charge >= 0.3 is 0 Å². The molecule has 0 radical (unpaired) electrons. The van der Waals surface area contributed by atoms with Crippen molar-refractivity contribution in [1.29, 1.82) is 0 Å². The third-order valence-electron chi connectivity index (χ3n) is 1.82. The van der Waals surface area contributed by atoms with E-state index in [2.05, 4.69) is 0 Å². The third kappa shape index (κ3) is 0.576. The molecule has 2 atom stereocenters. The van der Waals surface area contributed by atoms with Gasteiger partial charge in [0.2, 0.25) is 0 Å². The highest BCUT2D eigenvalue weighted by molar-refractivity contribution is 8.09. The van der Waals surface area contributed by atoms with Gasteiger partial charge in [0, 0.05) is 7.11 Å². The molecule has 2 nitrogen and oxygen atoms in total. The van der Waals surface area contributed by atoms with E-state index in [1.54, 1.807) is 13.2 Å². The van der Waals surface area contributed by atoms with Gasteiger partial charge in [-0.2, -0.15) is 0 Å². The highest BCUT2D eigenvalue weighted by Crippen LogP contribution is 2.65. The minimum absolute atomic E-state index is 0.470. The number of allylic oxidation sites excluding steroid dienone is 2. The number of hydrogen-bond acceptors (Lipinski definition) is 3. The van der Waals surface area contributed by atoms with Crippen LogP contribution in [-0.4, -0.2) is 22.1 Å². The molecule has 0 saturated carbocycles. The van der Waals surface area contributed by atoms with Gasteiger partial charge in [-0.25, -0.2) is 0 Å². The molecule has 1 aliphatic carbocycles. The van der Waals surface area contributed by atoms with Gasteiger partial charge in [0.1, 0.15) is 0 Å². The van der Waals surface area contributed by atoms with Crippen molar-refractivity contribution < 1.29 is 9.84 Å². The van der Waals surface area contributed by atoms with Crippen LogP contribution in [0.3, 0.4) is 0 Å². The number of ether oxygens (including phenoxy) is 1. The number of aliphatic hydroxyl groups is 1. The first kappa shape index (κ1) is 6.46. The van der Waals surface area contributed by atoms with E-state index < -0.39 is 9.87 Å². The highest BCUT2D eigenvalue weighted by Gasteiger charge is 2.67. The number of rotatable bonds is 1. The Bertz CT molecular complexity index is 224. The molecule has 0 spiro atoms. The zero-order valence-electron chi connectivity index (χ0n) is 5.57. The summed E-state index contributed by atoms with van der Waals surface area (Å²) in [6.45, 7) is 0. The Morgan fingerprint density at radius 1 is 1.40 bits per heavy atom. The third-order valence-corrected chi connectivity index (χ3v) is 3.28. The zero-order valence-corrected chi connectivity index (χ0v) is 6.39. The number of fused-ring (bicyclic) bond motifs is 1. The van der Waals surface area contributed by atoms with Gasteiger partial charge in [0.05, 0.1) is 0 Å². The average Bonchev–Trinajstić information content (AvgIpc) is 2.56. The van der Waals surface area contributed by atoms with E-state index in [9.17, 15) is 5.11 Å². The molecule has 0 aromatic rings. The van der Waals surface area contributed by atoms with E-state index in [1.807, 2.05) is 18.2 Å². The molecule has 0 aromatic heterocycles. The van der Waals surface area contributed by atoms with Crippen molar-refractivity contribution in [2.24, 2.45) is 0 Å². The van der Waals surface area contributed by atoms with Gasteiger partial charge in [-0.05, 0) is 12.2 Å². The molecular weight excluding hydrogens is 148 g/mol. The lowest BCUT2D eigenvalue weighted by Gasteiger charge is -2.12. The molecule has 0 bridgehead atoms. The summed E-state index contributed by atoms with van der Waals surface area (Å²) in [6, 6.07) is 0. The molecule has 1 fully saturated rings. The number of hydrogen-bond donors (Lipinski definition) is 1. The predicted molar refractivity (Wildman–Crippen MR) is 40.6 cm³/mol. The molecule has 1 heterocycles. The quantitative estimate of drug-likeness (QED) is 0.572. The van der Waals surface area contributed by atoms with Crippen LogP contribution in [0.1, 0.15) is 0 Å². The summed E-state index contributed by atoms with van der Waals surface area (Å²) >= 11 is 1.41. The summed E-state index contributed by atoms with van der Waals surface area (Å²) < 4.78 is 5.13. The van der Waals surface area contributed by atoms with E-state index in [1.165, 1.54) is 11.8 Å². The zero-order chi connectivity index (χ0) is 7.24. The van der Waals surface area contributed by atoms with Crippen molar-refractivity contribution in [3.05, 3.63) is 24.3 Å². The molecule has 54 valence electrons. The van der Waals surface area contributed by atoms with Crippen molar-refractivity contribution in [2.45, 2.75) is 9.87 Å². The second-order valence-electron chi connectivity index (χ2n) is 2.39. The van der Waals surface area contributed by atoms with E-state index in [0.717, 1.165) is 0 Å². The fraction of sp³-hybridized carbons (Fsp3) is 0.429. The fourth-order valence-corrected chi connectivity index (χ4v) is 2.14. The first-order valence-electron chi connectivity index (χ1n) is 3.07. The minimum atomic E-state index is -0.781. The van der Waals surface area contributed by atoms with Gasteiger partial charge in [-0.3, -0.25) is 0 Å². The Morgan fingerprint density at radius 2 is 2.10 bits per heavy atom. The topological polar surface area (TPSA) is 29.5 Å². The van der Waals surface area contributed by atoms with Crippen LogP contribution in [0.4, 0.5) is 0 Å². The summed E-state index contributed by atoms with van der Waals surface area (Å²) in [7, 11) is 1.61. The Morgan fingerprint density at radius 3 is 2.60 bits per heavy atom. The molecule has 2 rings (SSSR count). The van der Waals surface area contributed by atoms with Crippen LogP contribution in [0, 0.1) is 0 Å². The Labute approximate surface area is 63.6 Å². The first-order valence-corrected chi connectivity index (χ1v) is 3.89. The molecule has 2 aliphatic rings. The van der Waals surface area contributed by atoms with Crippen molar-refractivity contribution in [3.63, 3.8) is 0 Å². The summed E-state index contributed by atoms with van der Waals surface area (Å²) in [5, 5.41) is 9.60. The molecule has 0 amide bonds. The summed E-state index contributed by atoms with van der Waals surface area (Å²) in [5.74, 6) is 0. The summed E-state index contributed by atoms with van der Waals surface area (Å²) in [6.07, 6.45) is 7.34. The minimum Gasteiger partial charge on any atom is -0.372 e. The summed E-state index contributed by atoms with van der Waals surface area (Å²) in [4.78, 5) is -1.25. The standard InChI is InChI=1S/C7H8O2S/c1-9-7-5-3-2-4-6(7,8)10-7/h2-5,8H,1H3. The van der Waals surface area contributed by atoms with Gasteiger partial charge in [0.25, 0.3) is 0 Å². The second-order valence-corrected chi connectivity index (χ2v) is 3.82. The predicted octanol–water partition coefficient (Wildman–Crippen LogP) is 0.891. The maximum Gasteiger partial charge on any atom is 0.177 e. The Hall–Kier alpha value is -0.250. The van der Waals surface area contributed by atoms with E-state index >= 15 is 0 Å². The van der Waals surface area contributed by atoms with Gasteiger partial charge < -0.3 is 9.84 Å². The monoisotopic (exact) mass is 156 g/mol. The number of methoxy groups -OCH3 is 1. The average molecular weight is 156 g/mol. The molecule has 1 saturated heterocycles. The molecule has 10 heavy (non-hydrogen) atoms. The maximum atomic E-state index is 9.60. The van der Waals surface area contributed by atoms with Crippen LogP contribution in [0.5, 0.6) is 0 Å². The largest absolute Gasteiger partial charge is 0.372 e. The highest BCUT2D eigenvalue weighted by atomic mass is 32.2. The van der Waals surface area contributed by atoms with Crippen LogP contribution < -0.4 is 0 Å². The number of thioether (sulfide) groups is 1. The molecular formula is C7H8O2S. The Balaban J connectivity index is 2.32. The Kier molecular flexibility index (Phi) is 1.08. The van der Waals surface area contributed by atoms with E-state index in [-0.39, 0.29) is 0 Å². The normalized spacial score (nSPS) is 49.0. The second kappa shape index (κ2) is 1.67. The van der Waals surface area contributed by atoms with Crippen LogP contribution in [0.2, 0.25) is 0 Å². The van der Waals surface area contributed by atoms with E-state index in [4.69, 9.17) is 4.74 Å². The maximum absolute atomic E-state index is 9.60. The molecule has 2 unspecified atom stereocenters. The van der Waals surface area contributed by atoms with Crippen LogP contribution >= 0.6 is 11.8 Å². The van der Waals surface area contributed by atoms with Gasteiger partial charge in [0.15, 0.2) is 9.87 Å². The van der Waals surface area contributed by atoms with E-state index in [0.29, 0.717) is 0 Å². The van der Waals surface area contributed by atoms with Crippen molar-refractivity contribution in [1.82, 2.24) is 0 Å². The van der Waals surface area contributed by atoms with Crippen molar-refractivity contribution >= 4 is 11.8 Å². The summed E-state index contributed by atoms with van der Waals surface area (Å²) in [5.41, 5.74) is 0.